The van der Waals surface area contributed by atoms with Crippen LogP contribution in [0.15, 0.2) is 36.5 Å². The number of anilines is 2. The molecule has 3 aliphatic rings. The Morgan fingerprint density at radius 2 is 1.76 bits per heavy atom. The number of nitrogens with zero attached hydrogens (tertiary/aromatic N) is 5. The molecule has 1 N–H and O–H groups in total. The van der Waals surface area contributed by atoms with Gasteiger partial charge in [-0.15, -0.1) is 0 Å². The first-order valence-electron chi connectivity index (χ1n) is 15.8. The van der Waals surface area contributed by atoms with E-state index in [0.29, 0.717) is 30.0 Å². The topological polar surface area (TPSA) is 70.2 Å². The van der Waals surface area contributed by atoms with Crippen LogP contribution in [0, 0.1) is 6.92 Å². The van der Waals surface area contributed by atoms with E-state index in [2.05, 4.69) is 84.9 Å². The zero-order valence-corrected chi connectivity index (χ0v) is 25.9. The number of benzene rings is 2. The van der Waals surface area contributed by atoms with Gasteiger partial charge in [-0.25, -0.2) is 9.97 Å². The van der Waals surface area contributed by atoms with E-state index < -0.39 is 0 Å². The summed E-state index contributed by atoms with van der Waals surface area (Å²) >= 11 is 0. The van der Waals surface area contributed by atoms with Gasteiger partial charge in [0.1, 0.15) is 5.82 Å². The molecule has 7 rings (SSSR count). The van der Waals surface area contributed by atoms with Gasteiger partial charge in [0.2, 0.25) is 0 Å². The first kappa shape index (κ1) is 27.4. The number of ether oxygens (including phenoxy) is 1. The molecule has 0 aliphatic carbocycles. The average Bonchev–Trinajstić information content (AvgIpc) is 3.57. The van der Waals surface area contributed by atoms with E-state index in [4.69, 9.17) is 14.7 Å². The van der Waals surface area contributed by atoms with Crippen molar-refractivity contribution in [3.63, 3.8) is 0 Å². The summed E-state index contributed by atoms with van der Waals surface area (Å²) in [7, 11) is 1.87. The van der Waals surface area contributed by atoms with E-state index in [1.165, 1.54) is 46.5 Å². The summed E-state index contributed by atoms with van der Waals surface area (Å²) in [5.41, 5.74) is 10.00. The average molecular weight is 565 g/mol. The van der Waals surface area contributed by atoms with Gasteiger partial charge in [-0.1, -0.05) is 45.9 Å². The molecule has 0 unspecified atom stereocenters. The minimum atomic E-state index is 0.334. The smallest absolute Gasteiger partial charge is 0.162 e. The van der Waals surface area contributed by atoms with Crippen molar-refractivity contribution in [2.24, 2.45) is 0 Å². The zero-order chi connectivity index (χ0) is 29.1. The maximum Gasteiger partial charge on any atom is 0.162 e. The second kappa shape index (κ2) is 10.7. The molecule has 2 saturated heterocycles. The molecule has 5 heterocycles. The van der Waals surface area contributed by atoms with Crippen molar-refractivity contribution >= 4 is 22.4 Å². The first-order valence-corrected chi connectivity index (χ1v) is 15.8. The third-order valence-corrected chi connectivity index (χ3v) is 10.0. The van der Waals surface area contributed by atoms with Gasteiger partial charge in [-0.05, 0) is 73.3 Å². The third kappa shape index (κ3) is 4.57. The normalized spacial score (nSPS) is 22.0. The largest absolute Gasteiger partial charge is 0.381 e. The minimum Gasteiger partial charge on any atom is -0.381 e. The standard InChI is InChI=1S/C35H44N6O/c1-20(2)23-8-7-22(5)32(15-23)40-14-13-30-29(19-40)35(41-24-9-10-25(41)17-26(16-24)42-6)38-34(37-30)33-27(21(3)4)11-12-31-28(33)18-36-39-31/h7-8,11-12,15,18,20-21,24-26H,9-10,13-14,16-17,19H2,1-6H3,(H,36,39)/t24-,25+,26+. The summed E-state index contributed by atoms with van der Waals surface area (Å²) in [5.74, 6) is 2.85. The Kier molecular flexibility index (Phi) is 6.96. The van der Waals surface area contributed by atoms with Crippen LogP contribution in [0.4, 0.5) is 11.5 Å². The van der Waals surface area contributed by atoms with Crippen LogP contribution in [-0.2, 0) is 17.7 Å². The van der Waals surface area contributed by atoms with Crippen molar-refractivity contribution in [3.8, 4) is 11.4 Å². The Hall–Kier alpha value is -3.45. The van der Waals surface area contributed by atoms with Crippen LogP contribution in [0.5, 0.6) is 0 Å². The lowest BCUT2D eigenvalue weighted by Crippen LogP contribution is -2.47. The quantitative estimate of drug-likeness (QED) is 0.265. The van der Waals surface area contributed by atoms with E-state index in [1.54, 1.807) is 0 Å². The molecule has 0 saturated carbocycles. The molecule has 2 aromatic heterocycles. The summed E-state index contributed by atoms with van der Waals surface area (Å²) in [6.45, 7) is 13.1. The van der Waals surface area contributed by atoms with Crippen LogP contribution in [0.25, 0.3) is 22.3 Å². The van der Waals surface area contributed by atoms with Crippen molar-refractivity contribution in [1.82, 2.24) is 20.2 Å². The van der Waals surface area contributed by atoms with Crippen LogP contribution in [0.3, 0.4) is 0 Å². The molecule has 7 heteroatoms. The molecular weight excluding hydrogens is 520 g/mol. The molecule has 7 nitrogen and oxygen atoms in total. The fourth-order valence-electron chi connectivity index (χ4n) is 7.68. The molecule has 2 aromatic carbocycles. The van der Waals surface area contributed by atoms with Gasteiger partial charge in [-0.2, -0.15) is 5.10 Å². The molecule has 2 bridgehead atoms. The van der Waals surface area contributed by atoms with Crippen LogP contribution in [0.2, 0.25) is 0 Å². The Morgan fingerprint density at radius 3 is 2.48 bits per heavy atom. The summed E-state index contributed by atoms with van der Waals surface area (Å²) in [6.07, 6.45) is 7.72. The van der Waals surface area contributed by atoms with E-state index in [0.717, 1.165) is 60.5 Å². The first-order chi connectivity index (χ1) is 20.3. The van der Waals surface area contributed by atoms with Crippen LogP contribution in [-0.4, -0.2) is 52.0 Å². The van der Waals surface area contributed by atoms with E-state index >= 15 is 0 Å². The van der Waals surface area contributed by atoms with E-state index in [-0.39, 0.29) is 0 Å². The van der Waals surface area contributed by atoms with Crippen molar-refractivity contribution in [3.05, 3.63) is 64.5 Å². The van der Waals surface area contributed by atoms with E-state index in [9.17, 15) is 0 Å². The highest BCUT2D eigenvalue weighted by Gasteiger charge is 2.43. The Bertz CT molecular complexity index is 1610. The lowest BCUT2D eigenvalue weighted by Gasteiger charge is -2.42. The Labute approximate surface area is 249 Å². The molecular formula is C35H44N6O. The molecule has 3 aliphatic heterocycles. The molecule has 3 atom stereocenters. The number of methoxy groups -OCH3 is 1. The molecule has 4 aromatic rings. The second-order valence-electron chi connectivity index (χ2n) is 13.3. The lowest BCUT2D eigenvalue weighted by molar-refractivity contribution is 0.0681. The maximum absolute atomic E-state index is 5.88. The second-order valence-corrected chi connectivity index (χ2v) is 13.3. The van der Waals surface area contributed by atoms with Gasteiger partial charge in [0.05, 0.1) is 23.5 Å². The monoisotopic (exact) mass is 564 g/mol. The molecule has 0 spiro atoms. The highest BCUT2D eigenvalue weighted by atomic mass is 16.5. The van der Waals surface area contributed by atoms with Crippen LogP contribution >= 0.6 is 0 Å². The number of H-pyrrole nitrogens is 1. The number of aromatic amines is 1. The number of piperidine rings is 1. The molecule has 0 amide bonds. The predicted octanol–water partition coefficient (Wildman–Crippen LogP) is 7.28. The van der Waals surface area contributed by atoms with Crippen molar-refractivity contribution < 1.29 is 4.74 Å². The van der Waals surface area contributed by atoms with Gasteiger partial charge >= 0.3 is 0 Å². The number of nitrogens with one attached hydrogen (secondary N) is 1. The lowest BCUT2D eigenvalue weighted by atomic mass is 9.93. The summed E-state index contributed by atoms with van der Waals surface area (Å²) in [4.78, 5) is 16.2. The third-order valence-electron chi connectivity index (χ3n) is 10.0. The highest BCUT2D eigenvalue weighted by Crippen LogP contribution is 2.44. The number of aryl methyl sites for hydroxylation is 1. The van der Waals surface area contributed by atoms with Gasteiger partial charge in [0.15, 0.2) is 5.82 Å². The predicted molar refractivity (Wildman–Crippen MR) is 171 cm³/mol. The molecule has 2 fully saturated rings. The summed E-state index contributed by atoms with van der Waals surface area (Å²) in [5, 5.41) is 8.68. The van der Waals surface area contributed by atoms with E-state index in [1.807, 2.05) is 13.3 Å². The highest BCUT2D eigenvalue weighted by molar-refractivity contribution is 5.95. The van der Waals surface area contributed by atoms with Crippen LogP contribution in [0.1, 0.15) is 93.2 Å². The van der Waals surface area contributed by atoms with Crippen molar-refractivity contribution in [2.45, 2.75) is 103 Å². The van der Waals surface area contributed by atoms with Crippen molar-refractivity contribution in [2.75, 3.05) is 23.5 Å². The van der Waals surface area contributed by atoms with Crippen LogP contribution < -0.4 is 9.80 Å². The fourth-order valence-corrected chi connectivity index (χ4v) is 7.68. The SMILES string of the molecule is CO[C@H]1C[C@H]2CC[C@@H](C1)N2c1nc(-c2c(C(C)C)ccc3[nH]ncc23)nc2c1CN(c1cc(C(C)C)ccc1C)CC2. The number of fused-ring (bicyclic) bond motifs is 4. The number of rotatable bonds is 6. The maximum atomic E-state index is 5.88. The van der Waals surface area contributed by atoms with Gasteiger partial charge in [0, 0.05) is 60.9 Å². The van der Waals surface area contributed by atoms with Gasteiger partial charge in [-0.3, -0.25) is 5.10 Å². The Balaban J connectivity index is 1.39. The summed E-state index contributed by atoms with van der Waals surface area (Å²) < 4.78 is 5.88. The molecule has 220 valence electrons. The number of hydrogen-bond acceptors (Lipinski definition) is 6. The van der Waals surface area contributed by atoms with Gasteiger partial charge < -0.3 is 14.5 Å². The molecule has 42 heavy (non-hydrogen) atoms. The van der Waals surface area contributed by atoms with Crippen molar-refractivity contribution in [1.29, 1.82) is 0 Å². The zero-order valence-electron chi connectivity index (χ0n) is 25.9. The minimum absolute atomic E-state index is 0.334. The number of hydrogen-bond donors (Lipinski definition) is 1. The molecule has 0 radical (unpaired) electrons. The van der Waals surface area contributed by atoms with Gasteiger partial charge in [0.25, 0.3) is 0 Å². The summed E-state index contributed by atoms with van der Waals surface area (Å²) in [6, 6.07) is 12.2. The number of aromatic nitrogens is 4. The Morgan fingerprint density at radius 1 is 0.976 bits per heavy atom. The fraction of sp³-hybridized carbons (Fsp3) is 0.514.